The molecule has 51 heteroatoms. The molecule has 109 heavy (non-hydrogen) atoms. The van der Waals surface area contributed by atoms with Crippen molar-refractivity contribution in [3.05, 3.63) is 4.91 Å². The molecule has 630 valence electrons. The van der Waals surface area contributed by atoms with Gasteiger partial charge in [-0.3, -0.25) is 75.5 Å². The van der Waals surface area contributed by atoms with Gasteiger partial charge in [-0.15, -0.1) is 4.91 Å². The van der Waals surface area contributed by atoms with Crippen molar-refractivity contribution in [1.29, 1.82) is 0 Å². The molecule has 13 atom stereocenters. The average Bonchev–Trinajstić information content (AvgIpc) is 1.17. The number of nitrogens with one attached hydrogen (secondary N) is 15. The zero-order valence-corrected chi connectivity index (χ0v) is 65.8. The van der Waals surface area contributed by atoms with Gasteiger partial charge in [0.1, 0.15) is 83.9 Å². The van der Waals surface area contributed by atoms with E-state index in [1.807, 2.05) is 13.8 Å². The highest BCUT2D eigenvalue weighted by Gasteiger charge is 2.39. The SMILES string of the molecule is CC[C@H](C)CCCCC(=O)N[C@@H](CCNCS(=O)(=O)O)C(=O)N[C@H](C(=O)N[C@@H](CCN(CS(=O)(=O)O)N=O)C(=O)N[C@H]1CCNC(=O)[C@H]([C@@H](C)O)NC(=O)[C@H](CCNCS(=O)(=O)O)NC(=O)[C@H](CCNCS(=O)(=O)O)NC(=O)[C@H](CC(C)C)NC(=O)[C@@H](CC(C)C)NC(=O)[C@H](CCNCS(=O)(=O)O)NC1=O)[C@@H](C)O. The second-order valence-electron chi connectivity index (χ2n) is 27.0. The van der Waals surface area contributed by atoms with Crippen molar-refractivity contribution in [2.24, 2.45) is 23.0 Å². The van der Waals surface area contributed by atoms with Gasteiger partial charge < -0.3 is 90.0 Å². The Morgan fingerprint density at radius 3 is 1.31 bits per heavy atom. The summed E-state index contributed by atoms with van der Waals surface area (Å²) in [5.74, 6) is -20.1. The summed E-state index contributed by atoms with van der Waals surface area (Å²) in [6.07, 6.45) is -5.92. The van der Waals surface area contributed by atoms with E-state index in [0.717, 1.165) is 26.7 Å². The number of hydrogen-bond acceptors (Lipinski definition) is 29. The lowest BCUT2D eigenvalue weighted by Gasteiger charge is -2.29. The van der Waals surface area contributed by atoms with Gasteiger partial charge in [0.05, 0.1) is 17.5 Å². The molecule has 1 heterocycles. The second kappa shape index (κ2) is 48.6. The molecule has 0 radical (unpaired) electrons. The summed E-state index contributed by atoms with van der Waals surface area (Å²) < 4.78 is 164. The number of carbonyl (C=O) groups is 11. The number of nitroso groups, excluding NO2 is 1. The maximum atomic E-state index is 15.0. The minimum Gasteiger partial charge on any atom is -0.391 e. The second-order valence-corrected chi connectivity index (χ2v) is 34.2. The molecule has 1 aliphatic rings. The first kappa shape index (κ1) is 99.9. The van der Waals surface area contributed by atoms with Gasteiger partial charge in [-0.2, -0.15) is 42.1 Å². The molecule has 46 nitrogen and oxygen atoms in total. The highest BCUT2D eigenvalue weighted by Crippen LogP contribution is 2.15. The highest BCUT2D eigenvalue weighted by atomic mass is 32.2. The van der Waals surface area contributed by atoms with Crippen LogP contribution in [0.15, 0.2) is 5.29 Å². The molecule has 0 aromatic carbocycles. The van der Waals surface area contributed by atoms with Crippen molar-refractivity contribution in [2.45, 2.75) is 211 Å². The largest absolute Gasteiger partial charge is 0.391 e. The van der Waals surface area contributed by atoms with Gasteiger partial charge in [0.2, 0.25) is 65.0 Å². The predicted molar refractivity (Wildman–Crippen MR) is 387 cm³/mol. The highest BCUT2D eigenvalue weighted by molar-refractivity contribution is 7.86. The van der Waals surface area contributed by atoms with Crippen LogP contribution in [0.25, 0.3) is 0 Å². The van der Waals surface area contributed by atoms with Crippen molar-refractivity contribution in [3.8, 4) is 0 Å². The van der Waals surface area contributed by atoms with Gasteiger partial charge in [0.25, 0.3) is 50.6 Å². The number of rotatable bonds is 45. The summed E-state index contributed by atoms with van der Waals surface area (Å²) >= 11 is 0. The van der Waals surface area contributed by atoms with Crippen molar-refractivity contribution < 1.29 is 128 Å². The topological polar surface area (TPSA) is 713 Å². The molecule has 0 aromatic rings. The van der Waals surface area contributed by atoms with Crippen molar-refractivity contribution >= 4 is 116 Å². The summed E-state index contributed by atoms with van der Waals surface area (Å²) in [7, 11) is -23.9. The summed E-state index contributed by atoms with van der Waals surface area (Å²) in [6, 6.07) is -19.1. The smallest absolute Gasteiger partial charge is 0.285 e. The van der Waals surface area contributed by atoms with Crippen molar-refractivity contribution in [1.82, 2.24) is 84.8 Å². The predicted octanol–water partition coefficient (Wildman–Crippen LogP) is -7.67. The molecular formula is C58H109N17O29S5. The molecule has 1 aliphatic heterocycles. The molecule has 0 spiro atoms. The number of amides is 11. The van der Waals surface area contributed by atoms with Gasteiger partial charge in [-0.1, -0.05) is 60.8 Å². The maximum Gasteiger partial charge on any atom is 0.285 e. The summed E-state index contributed by atoms with van der Waals surface area (Å²) in [5, 5.41) is 59.7. The maximum absolute atomic E-state index is 15.0. The fraction of sp³-hybridized carbons (Fsp3) is 0.810. The Bertz CT molecular complexity index is 3620. The molecule has 11 amide bonds. The number of nitrogens with zero attached hydrogens (tertiary/aromatic N) is 2. The van der Waals surface area contributed by atoms with E-state index in [2.05, 4.69) is 85.0 Å². The van der Waals surface area contributed by atoms with Crippen LogP contribution in [0.3, 0.4) is 0 Å². The number of aliphatic hydroxyl groups is 2. The third kappa shape index (κ3) is 45.1. The van der Waals surface area contributed by atoms with E-state index in [9.17, 15) is 133 Å². The number of carbonyl (C=O) groups excluding carboxylic acids is 11. The van der Waals surface area contributed by atoms with E-state index >= 15 is 0 Å². The number of hydrogen-bond donors (Lipinski definition) is 22. The van der Waals surface area contributed by atoms with Crippen LogP contribution in [-0.4, -0.2) is 286 Å². The standard InChI is InChI=1S/C58H109N17O29S5/c1-9-35(6)12-10-11-13-46(78)64-38(14-20-59-28-105(90,91)92)53(83)73-48(37(8)77)58(88)69-43(19-25-75(74-89)32-109(102,103)104)52(82)67-42-18-24-63-57(87)47(36(7)76)72-54(84)41(17-23-62-31-108(99,100)101)66-49(79)39(15-21-60-29-106(93,94)95)68-55(85)44(26-33(2)3)71-56(86)45(27-34(4)5)70-51(81)40(65-50(42)80)16-22-61-30-107(96,97)98/h33-45,47-48,59-62,76-77H,9-32H2,1-8H3,(H,63,87)(H,64,78)(H,65,80)(H,66,79)(H,67,82)(H,68,85)(H,69,88)(H,70,81)(H,71,86)(H,72,84)(H,73,83)(H,90,91,92)(H,93,94,95)(H,96,97,98)(H,99,100,101)(H,102,103,104)/t35-,36+,37+,38-,39-,40-,41-,42-,43-,44-,45+,47-,48-/m0/s1. The molecular weight excluding hydrogens is 1560 g/mol. The van der Waals surface area contributed by atoms with Crippen LogP contribution in [0.4, 0.5) is 0 Å². The first-order chi connectivity index (χ1) is 50.3. The van der Waals surface area contributed by atoms with Gasteiger partial charge in [-0.25, -0.2) is 5.01 Å². The van der Waals surface area contributed by atoms with E-state index in [1.165, 1.54) is 0 Å². The van der Waals surface area contributed by atoms with E-state index in [4.69, 9.17) is 0 Å². The Morgan fingerprint density at radius 1 is 0.495 bits per heavy atom. The fourth-order valence-corrected chi connectivity index (χ4v) is 12.5. The summed E-state index contributed by atoms with van der Waals surface area (Å²) in [4.78, 5) is 170. The van der Waals surface area contributed by atoms with Crippen LogP contribution in [0.1, 0.15) is 139 Å². The number of aliphatic hydroxyl groups excluding tert-OH is 2. The Hall–Kier alpha value is -7.12. The van der Waals surface area contributed by atoms with Crippen LogP contribution in [0.5, 0.6) is 0 Å². The Labute approximate surface area is 633 Å². The van der Waals surface area contributed by atoms with Gasteiger partial charge in [0, 0.05) is 19.5 Å². The first-order valence-corrected chi connectivity index (χ1v) is 42.7. The third-order valence-corrected chi connectivity index (χ3v) is 19.0. The molecule has 22 N–H and O–H groups in total. The van der Waals surface area contributed by atoms with Crippen molar-refractivity contribution in [3.63, 3.8) is 0 Å². The van der Waals surface area contributed by atoms with E-state index in [-0.39, 0.29) is 30.8 Å². The zero-order valence-electron chi connectivity index (χ0n) is 61.7. The molecule has 1 saturated heterocycles. The number of unbranched alkanes of at least 4 members (excludes halogenated alkanes) is 1. The van der Waals surface area contributed by atoms with Gasteiger partial charge >= 0.3 is 0 Å². The zero-order chi connectivity index (χ0) is 83.4. The van der Waals surface area contributed by atoms with Gasteiger partial charge in [0.15, 0.2) is 5.88 Å². The minimum atomic E-state index is -5.09. The molecule has 0 saturated carbocycles. The minimum absolute atomic E-state index is 0.114. The van der Waals surface area contributed by atoms with Crippen molar-refractivity contribution in [2.75, 3.05) is 68.7 Å². The summed E-state index contributed by atoms with van der Waals surface area (Å²) in [6.45, 7) is 8.56. The van der Waals surface area contributed by atoms with Crippen LogP contribution >= 0.6 is 0 Å². The monoisotopic (exact) mass is 1670 g/mol. The van der Waals surface area contributed by atoms with E-state index < -0.39 is 301 Å². The van der Waals surface area contributed by atoms with E-state index in [1.54, 1.807) is 27.7 Å². The Morgan fingerprint density at radius 2 is 0.908 bits per heavy atom. The van der Waals surface area contributed by atoms with Gasteiger partial charge in [-0.05, 0) is 116 Å². The van der Waals surface area contributed by atoms with E-state index in [0.29, 0.717) is 18.8 Å². The first-order valence-electron chi connectivity index (χ1n) is 34.7. The van der Waals surface area contributed by atoms with Crippen LogP contribution < -0.4 is 79.8 Å². The molecule has 1 fully saturated rings. The lowest BCUT2D eigenvalue weighted by Crippen LogP contribution is -2.62. The summed E-state index contributed by atoms with van der Waals surface area (Å²) in [5.41, 5.74) is 0. The lowest BCUT2D eigenvalue weighted by molar-refractivity contribution is -0.137. The van der Waals surface area contributed by atoms with Crippen LogP contribution in [0.2, 0.25) is 0 Å². The molecule has 0 bridgehead atoms. The Kier molecular flexibility index (Phi) is 44.6. The lowest BCUT2D eigenvalue weighted by atomic mass is 9.99. The third-order valence-electron chi connectivity index (χ3n) is 16.1. The molecule has 1 rings (SSSR count). The molecule has 0 aromatic heterocycles. The normalized spacial score (nSPS) is 21.3. The van der Waals surface area contributed by atoms with Crippen LogP contribution in [-0.2, 0) is 103 Å². The Balaban J connectivity index is 4.41. The average molecular weight is 1670 g/mol. The molecule has 0 aliphatic carbocycles. The molecule has 0 unspecified atom stereocenters. The van der Waals surface area contributed by atoms with Crippen LogP contribution in [0, 0.1) is 22.7 Å². The fourth-order valence-electron chi connectivity index (χ4n) is 10.3. The quantitative estimate of drug-likeness (QED) is 0.0117.